The van der Waals surface area contributed by atoms with Gasteiger partial charge >= 0.3 is 0 Å². The molecule has 0 N–H and O–H groups in total. The summed E-state index contributed by atoms with van der Waals surface area (Å²) < 4.78 is 21.5. The van der Waals surface area contributed by atoms with E-state index in [2.05, 4.69) is 21.5 Å². The van der Waals surface area contributed by atoms with E-state index in [9.17, 15) is 4.39 Å². The molecule has 2 aliphatic rings. The van der Waals surface area contributed by atoms with Gasteiger partial charge in [0.05, 0.1) is 18.3 Å². The predicted molar refractivity (Wildman–Crippen MR) is 96.2 cm³/mol. The molecule has 0 radical (unpaired) electrons. The standard InChI is InChI=1S/C20H23FN4O/c1-24-16-6-3-2-5-14(16)23-20(24)17-7-4-10-25(17)12-19-22-15-11-13(21)8-9-18(15)26-19/h8-9,11,17H,2-7,10,12H2,1H3. The molecular weight excluding hydrogens is 331 g/mol. The number of hydrogen-bond acceptors (Lipinski definition) is 4. The summed E-state index contributed by atoms with van der Waals surface area (Å²) in [7, 11) is 2.16. The number of rotatable bonds is 3. The van der Waals surface area contributed by atoms with Crippen LogP contribution in [0.5, 0.6) is 0 Å². The Balaban J connectivity index is 1.42. The summed E-state index contributed by atoms with van der Waals surface area (Å²) in [4.78, 5) is 11.9. The molecule has 3 heterocycles. The fourth-order valence-corrected chi connectivity index (χ4v) is 4.50. The van der Waals surface area contributed by atoms with E-state index in [-0.39, 0.29) is 5.82 Å². The maximum atomic E-state index is 13.4. The van der Waals surface area contributed by atoms with Crippen molar-refractivity contribution in [2.75, 3.05) is 6.54 Å². The van der Waals surface area contributed by atoms with Gasteiger partial charge in [-0.1, -0.05) is 0 Å². The average Bonchev–Trinajstić information content (AvgIpc) is 3.33. The van der Waals surface area contributed by atoms with Crippen molar-refractivity contribution in [2.24, 2.45) is 7.05 Å². The number of aryl methyl sites for hydroxylation is 1. The molecule has 1 saturated heterocycles. The average molecular weight is 354 g/mol. The molecule has 1 unspecified atom stereocenters. The van der Waals surface area contributed by atoms with Crippen LogP contribution < -0.4 is 0 Å². The van der Waals surface area contributed by atoms with E-state index in [1.807, 2.05) is 0 Å². The molecule has 1 aliphatic carbocycles. The Morgan fingerprint density at radius 2 is 2.08 bits per heavy atom. The molecule has 26 heavy (non-hydrogen) atoms. The second kappa shape index (κ2) is 6.20. The summed E-state index contributed by atoms with van der Waals surface area (Å²) in [5, 5.41) is 0. The van der Waals surface area contributed by atoms with Crippen LogP contribution in [0.3, 0.4) is 0 Å². The third-order valence-electron chi connectivity index (χ3n) is 5.80. The Kier molecular flexibility index (Phi) is 3.81. The summed E-state index contributed by atoms with van der Waals surface area (Å²) in [6.45, 7) is 1.65. The van der Waals surface area contributed by atoms with Gasteiger partial charge in [-0.25, -0.2) is 14.4 Å². The molecule has 1 fully saturated rings. The van der Waals surface area contributed by atoms with Crippen molar-refractivity contribution in [3.8, 4) is 0 Å². The number of imidazole rings is 1. The van der Waals surface area contributed by atoms with Crippen molar-refractivity contribution in [2.45, 2.75) is 51.1 Å². The normalized spacial score (nSPS) is 20.8. The first-order valence-corrected chi connectivity index (χ1v) is 9.52. The number of aromatic nitrogens is 3. The first kappa shape index (κ1) is 16.0. The van der Waals surface area contributed by atoms with Crippen molar-refractivity contribution in [3.05, 3.63) is 47.1 Å². The van der Waals surface area contributed by atoms with E-state index >= 15 is 0 Å². The summed E-state index contributed by atoms with van der Waals surface area (Å²) in [5.41, 5.74) is 3.93. The van der Waals surface area contributed by atoms with E-state index in [0.717, 1.165) is 32.2 Å². The lowest BCUT2D eigenvalue weighted by Crippen LogP contribution is -2.25. The largest absolute Gasteiger partial charge is 0.439 e. The van der Waals surface area contributed by atoms with Gasteiger partial charge in [0, 0.05) is 18.8 Å². The molecule has 1 aromatic carbocycles. The molecule has 6 heteroatoms. The highest BCUT2D eigenvalue weighted by Crippen LogP contribution is 2.35. The van der Waals surface area contributed by atoms with E-state index in [0.29, 0.717) is 29.6 Å². The third-order valence-corrected chi connectivity index (χ3v) is 5.80. The highest BCUT2D eigenvalue weighted by Gasteiger charge is 2.32. The lowest BCUT2D eigenvalue weighted by molar-refractivity contribution is 0.215. The minimum atomic E-state index is -0.282. The van der Waals surface area contributed by atoms with Crippen LogP contribution in [0, 0.1) is 5.82 Å². The van der Waals surface area contributed by atoms with Crippen LogP contribution in [0.2, 0.25) is 0 Å². The second-order valence-corrected chi connectivity index (χ2v) is 7.48. The number of likely N-dealkylation sites (tertiary alicyclic amines) is 1. The van der Waals surface area contributed by atoms with Crippen LogP contribution in [0.15, 0.2) is 22.6 Å². The van der Waals surface area contributed by atoms with Crippen LogP contribution in [0.1, 0.15) is 54.8 Å². The van der Waals surface area contributed by atoms with Crippen molar-refractivity contribution < 1.29 is 8.81 Å². The highest BCUT2D eigenvalue weighted by molar-refractivity contribution is 5.72. The first-order chi connectivity index (χ1) is 12.7. The molecule has 0 bridgehead atoms. The lowest BCUT2D eigenvalue weighted by Gasteiger charge is -2.23. The molecule has 1 atom stereocenters. The zero-order valence-corrected chi connectivity index (χ0v) is 15.0. The topological polar surface area (TPSA) is 47.1 Å². The van der Waals surface area contributed by atoms with Gasteiger partial charge < -0.3 is 8.98 Å². The van der Waals surface area contributed by atoms with E-state index in [1.54, 1.807) is 6.07 Å². The SMILES string of the molecule is Cn1c(C2CCCN2Cc2nc3cc(F)ccc3o2)nc2c1CCCC2. The predicted octanol–water partition coefficient (Wildman–Crippen LogP) is 3.92. The molecular formula is C20H23FN4O. The van der Waals surface area contributed by atoms with Crippen LogP contribution >= 0.6 is 0 Å². The van der Waals surface area contributed by atoms with Crippen molar-refractivity contribution in [1.82, 2.24) is 19.4 Å². The number of halogens is 1. The lowest BCUT2D eigenvalue weighted by atomic mass is 10.0. The Morgan fingerprint density at radius 3 is 2.96 bits per heavy atom. The molecule has 3 aromatic rings. The second-order valence-electron chi connectivity index (χ2n) is 7.48. The number of nitrogens with zero attached hydrogens (tertiary/aromatic N) is 4. The van der Waals surface area contributed by atoms with Crippen molar-refractivity contribution >= 4 is 11.1 Å². The molecule has 0 spiro atoms. The number of benzene rings is 1. The summed E-state index contributed by atoms with van der Waals surface area (Å²) in [6.07, 6.45) is 7.02. The van der Waals surface area contributed by atoms with Gasteiger partial charge in [0.15, 0.2) is 5.58 Å². The molecule has 0 saturated carbocycles. The minimum Gasteiger partial charge on any atom is -0.439 e. The van der Waals surface area contributed by atoms with E-state index in [4.69, 9.17) is 9.40 Å². The van der Waals surface area contributed by atoms with E-state index in [1.165, 1.54) is 42.2 Å². The Bertz CT molecular complexity index is 960. The zero-order chi connectivity index (χ0) is 17.7. The monoisotopic (exact) mass is 354 g/mol. The molecule has 136 valence electrons. The fourth-order valence-electron chi connectivity index (χ4n) is 4.50. The van der Waals surface area contributed by atoms with Crippen molar-refractivity contribution in [3.63, 3.8) is 0 Å². The van der Waals surface area contributed by atoms with Gasteiger partial charge in [-0.3, -0.25) is 4.90 Å². The minimum absolute atomic E-state index is 0.282. The molecule has 0 amide bonds. The number of fused-ring (bicyclic) bond motifs is 2. The molecule has 1 aliphatic heterocycles. The van der Waals surface area contributed by atoms with Gasteiger partial charge in [-0.2, -0.15) is 0 Å². The van der Waals surface area contributed by atoms with Crippen molar-refractivity contribution in [1.29, 1.82) is 0 Å². The third kappa shape index (κ3) is 2.63. The van der Waals surface area contributed by atoms with Crippen LogP contribution in [0.25, 0.3) is 11.1 Å². The van der Waals surface area contributed by atoms with Gasteiger partial charge in [0.1, 0.15) is 17.2 Å². The highest BCUT2D eigenvalue weighted by atomic mass is 19.1. The molecule has 2 aromatic heterocycles. The first-order valence-electron chi connectivity index (χ1n) is 9.52. The van der Waals surface area contributed by atoms with E-state index < -0.39 is 0 Å². The molecule has 5 rings (SSSR count). The van der Waals surface area contributed by atoms with Crippen LogP contribution in [-0.4, -0.2) is 26.0 Å². The van der Waals surface area contributed by atoms with Gasteiger partial charge in [-0.15, -0.1) is 0 Å². The maximum Gasteiger partial charge on any atom is 0.209 e. The Hall–Kier alpha value is -2.21. The van der Waals surface area contributed by atoms with Crippen LogP contribution in [-0.2, 0) is 26.4 Å². The Morgan fingerprint density at radius 1 is 1.19 bits per heavy atom. The number of hydrogen-bond donors (Lipinski definition) is 0. The summed E-state index contributed by atoms with van der Waals surface area (Å²) in [6, 6.07) is 4.79. The molecule has 5 nitrogen and oxygen atoms in total. The van der Waals surface area contributed by atoms with Crippen LogP contribution in [0.4, 0.5) is 4.39 Å². The summed E-state index contributed by atoms with van der Waals surface area (Å²) in [5.74, 6) is 1.54. The summed E-state index contributed by atoms with van der Waals surface area (Å²) >= 11 is 0. The van der Waals surface area contributed by atoms with Gasteiger partial charge in [-0.05, 0) is 57.2 Å². The smallest absolute Gasteiger partial charge is 0.209 e. The van der Waals surface area contributed by atoms with Gasteiger partial charge in [0.25, 0.3) is 0 Å². The maximum absolute atomic E-state index is 13.4. The quantitative estimate of drug-likeness (QED) is 0.715. The zero-order valence-electron chi connectivity index (χ0n) is 15.0. The van der Waals surface area contributed by atoms with Gasteiger partial charge in [0.2, 0.25) is 5.89 Å². The Labute approximate surface area is 151 Å². The number of oxazole rings is 1. The fraction of sp³-hybridized carbons (Fsp3) is 0.500.